The Bertz CT molecular complexity index is 695. The zero-order valence-corrected chi connectivity index (χ0v) is 13.0. The highest BCUT2D eigenvalue weighted by atomic mass is 16.7. The van der Waals surface area contributed by atoms with Crippen molar-refractivity contribution in [3.63, 3.8) is 0 Å². The minimum Gasteiger partial charge on any atom is -0.454 e. The largest absolute Gasteiger partial charge is 0.454 e. The molecule has 3 heteroatoms. The molecule has 0 radical (unpaired) electrons. The van der Waals surface area contributed by atoms with Crippen LogP contribution in [0.4, 0.5) is 0 Å². The Morgan fingerprint density at radius 3 is 2.70 bits per heavy atom. The number of hydrogen-bond donors (Lipinski definition) is 0. The molecule has 2 heterocycles. The van der Waals surface area contributed by atoms with Gasteiger partial charge in [-0.25, -0.2) is 0 Å². The Balaban J connectivity index is 1.52. The van der Waals surface area contributed by atoms with E-state index in [1.54, 1.807) is 0 Å². The Morgan fingerprint density at radius 2 is 1.87 bits per heavy atom. The van der Waals surface area contributed by atoms with E-state index >= 15 is 0 Å². The van der Waals surface area contributed by atoms with E-state index in [1.807, 2.05) is 18.2 Å². The first-order valence-electron chi connectivity index (χ1n) is 8.03. The summed E-state index contributed by atoms with van der Waals surface area (Å²) in [5.41, 5.74) is 2.48. The number of rotatable bonds is 4. The van der Waals surface area contributed by atoms with Gasteiger partial charge in [-0.15, -0.1) is 6.58 Å². The van der Waals surface area contributed by atoms with Crippen LogP contribution in [0, 0.1) is 11.8 Å². The fourth-order valence-corrected chi connectivity index (χ4v) is 3.54. The van der Waals surface area contributed by atoms with Gasteiger partial charge in [0.05, 0.1) is 12.7 Å². The van der Waals surface area contributed by atoms with Gasteiger partial charge >= 0.3 is 0 Å². The average Bonchev–Trinajstić information content (AvgIpc) is 3.21. The molecule has 118 valence electrons. The van der Waals surface area contributed by atoms with Gasteiger partial charge in [-0.1, -0.05) is 42.5 Å². The van der Waals surface area contributed by atoms with Crippen LogP contribution in [0.1, 0.15) is 17.2 Å². The van der Waals surface area contributed by atoms with Crippen molar-refractivity contribution >= 4 is 0 Å². The minimum atomic E-state index is 0.104. The van der Waals surface area contributed by atoms with Crippen LogP contribution in [0.2, 0.25) is 0 Å². The maximum atomic E-state index is 6.09. The van der Waals surface area contributed by atoms with E-state index < -0.39 is 0 Å². The van der Waals surface area contributed by atoms with Gasteiger partial charge in [0.25, 0.3) is 0 Å². The fourth-order valence-electron chi connectivity index (χ4n) is 3.54. The molecule has 2 aromatic carbocycles. The summed E-state index contributed by atoms with van der Waals surface area (Å²) in [6.45, 7) is 5.11. The van der Waals surface area contributed by atoms with E-state index in [4.69, 9.17) is 14.2 Å². The van der Waals surface area contributed by atoms with Crippen LogP contribution >= 0.6 is 0 Å². The maximum Gasteiger partial charge on any atom is 0.231 e. The Labute approximate surface area is 136 Å². The second-order valence-electron chi connectivity index (χ2n) is 6.13. The number of hydrogen-bond acceptors (Lipinski definition) is 3. The van der Waals surface area contributed by atoms with Crippen LogP contribution in [-0.2, 0) is 11.2 Å². The summed E-state index contributed by atoms with van der Waals surface area (Å²) in [4.78, 5) is 0. The predicted molar refractivity (Wildman–Crippen MR) is 88.6 cm³/mol. The van der Waals surface area contributed by atoms with Crippen molar-refractivity contribution in [2.24, 2.45) is 11.8 Å². The standard InChI is InChI=1S/C20H20O3/c1-2-17-16(12-21-20(17)15-6-4-3-5-7-15)10-14-8-9-18-19(11-14)23-13-22-18/h2-9,11,16-17,20H,1,10,12-13H2/t16-,17+,20+/m0/s1. The van der Waals surface area contributed by atoms with Crippen molar-refractivity contribution in [2.75, 3.05) is 13.4 Å². The normalized spacial score (nSPS) is 25.5. The van der Waals surface area contributed by atoms with Crippen molar-refractivity contribution in [1.29, 1.82) is 0 Å². The molecular formula is C20H20O3. The van der Waals surface area contributed by atoms with E-state index in [-0.39, 0.29) is 6.10 Å². The summed E-state index contributed by atoms with van der Waals surface area (Å²) in [6.07, 6.45) is 3.10. The summed E-state index contributed by atoms with van der Waals surface area (Å²) < 4.78 is 16.9. The maximum absolute atomic E-state index is 6.09. The highest BCUT2D eigenvalue weighted by molar-refractivity contribution is 5.44. The van der Waals surface area contributed by atoms with Gasteiger partial charge in [-0.3, -0.25) is 0 Å². The summed E-state index contributed by atoms with van der Waals surface area (Å²) in [5.74, 6) is 2.43. The zero-order valence-electron chi connectivity index (χ0n) is 13.0. The van der Waals surface area contributed by atoms with E-state index in [2.05, 4.69) is 43.0 Å². The van der Waals surface area contributed by atoms with Crippen LogP contribution in [0.3, 0.4) is 0 Å². The molecule has 0 aromatic heterocycles. The molecule has 0 N–H and O–H groups in total. The van der Waals surface area contributed by atoms with Crippen LogP contribution in [0.5, 0.6) is 11.5 Å². The number of fused-ring (bicyclic) bond motifs is 1. The molecule has 2 aliphatic heterocycles. The van der Waals surface area contributed by atoms with Crippen molar-refractivity contribution < 1.29 is 14.2 Å². The summed E-state index contributed by atoms with van der Waals surface area (Å²) in [7, 11) is 0. The van der Waals surface area contributed by atoms with Gasteiger partial charge in [0.15, 0.2) is 11.5 Å². The number of ether oxygens (including phenoxy) is 3. The highest BCUT2D eigenvalue weighted by Gasteiger charge is 2.36. The second-order valence-corrected chi connectivity index (χ2v) is 6.13. The third-order valence-electron chi connectivity index (χ3n) is 4.72. The molecule has 0 aliphatic carbocycles. The van der Waals surface area contributed by atoms with Gasteiger partial charge in [0, 0.05) is 5.92 Å². The topological polar surface area (TPSA) is 27.7 Å². The lowest BCUT2D eigenvalue weighted by Gasteiger charge is -2.20. The number of benzene rings is 2. The molecule has 0 bridgehead atoms. The molecule has 0 spiro atoms. The molecule has 0 unspecified atom stereocenters. The Morgan fingerprint density at radius 1 is 1.04 bits per heavy atom. The van der Waals surface area contributed by atoms with Gasteiger partial charge in [0.1, 0.15) is 0 Å². The zero-order chi connectivity index (χ0) is 15.6. The first-order valence-corrected chi connectivity index (χ1v) is 8.03. The molecule has 0 saturated carbocycles. The van der Waals surface area contributed by atoms with Crippen LogP contribution in [0.25, 0.3) is 0 Å². The van der Waals surface area contributed by atoms with Gasteiger partial charge in [-0.2, -0.15) is 0 Å². The smallest absolute Gasteiger partial charge is 0.231 e. The Kier molecular flexibility index (Phi) is 3.80. The van der Waals surface area contributed by atoms with Gasteiger partial charge in [-0.05, 0) is 35.6 Å². The molecule has 3 atom stereocenters. The van der Waals surface area contributed by atoms with E-state index in [1.165, 1.54) is 11.1 Å². The van der Waals surface area contributed by atoms with Crippen LogP contribution in [-0.4, -0.2) is 13.4 Å². The first kappa shape index (κ1) is 14.3. The molecule has 2 aromatic rings. The summed E-state index contributed by atoms with van der Waals surface area (Å²) in [5, 5.41) is 0. The highest BCUT2D eigenvalue weighted by Crippen LogP contribution is 2.41. The SMILES string of the molecule is C=C[C@@H]1[C@@H](Cc2ccc3c(c2)OCO3)CO[C@@H]1c1ccccc1. The summed E-state index contributed by atoms with van der Waals surface area (Å²) in [6, 6.07) is 16.6. The van der Waals surface area contributed by atoms with E-state index in [0.717, 1.165) is 24.5 Å². The van der Waals surface area contributed by atoms with Crippen molar-refractivity contribution in [1.82, 2.24) is 0 Å². The minimum absolute atomic E-state index is 0.104. The van der Waals surface area contributed by atoms with Crippen molar-refractivity contribution in [3.05, 3.63) is 72.3 Å². The monoisotopic (exact) mass is 308 g/mol. The van der Waals surface area contributed by atoms with E-state index in [0.29, 0.717) is 18.6 Å². The molecule has 4 rings (SSSR count). The van der Waals surface area contributed by atoms with E-state index in [9.17, 15) is 0 Å². The van der Waals surface area contributed by atoms with Crippen molar-refractivity contribution in [2.45, 2.75) is 12.5 Å². The molecule has 1 fully saturated rings. The van der Waals surface area contributed by atoms with Crippen LogP contribution < -0.4 is 9.47 Å². The lowest BCUT2D eigenvalue weighted by Crippen LogP contribution is -2.15. The van der Waals surface area contributed by atoms with Gasteiger partial charge < -0.3 is 14.2 Å². The third kappa shape index (κ3) is 2.73. The molecular weight excluding hydrogens is 288 g/mol. The van der Waals surface area contributed by atoms with Gasteiger partial charge in [0.2, 0.25) is 6.79 Å². The average molecular weight is 308 g/mol. The van der Waals surface area contributed by atoms with Crippen LogP contribution in [0.15, 0.2) is 61.2 Å². The fraction of sp³-hybridized carbons (Fsp3) is 0.300. The third-order valence-corrected chi connectivity index (χ3v) is 4.72. The van der Waals surface area contributed by atoms with Crippen molar-refractivity contribution in [3.8, 4) is 11.5 Å². The first-order chi connectivity index (χ1) is 11.3. The quantitative estimate of drug-likeness (QED) is 0.794. The molecule has 0 amide bonds. The summed E-state index contributed by atoms with van der Waals surface area (Å²) >= 11 is 0. The molecule has 23 heavy (non-hydrogen) atoms. The lowest BCUT2D eigenvalue weighted by molar-refractivity contribution is 0.0977. The lowest BCUT2D eigenvalue weighted by atomic mass is 9.84. The Hall–Kier alpha value is -2.26. The predicted octanol–water partition coefficient (Wildman–Crippen LogP) is 4.15. The second kappa shape index (κ2) is 6.09. The molecule has 1 saturated heterocycles. The molecule has 3 nitrogen and oxygen atoms in total. The molecule has 2 aliphatic rings.